The smallest absolute Gasteiger partial charge is 0.000769 e. The third kappa shape index (κ3) is 2.48. The molecule has 1 saturated carbocycles. The van der Waals surface area contributed by atoms with Crippen LogP contribution in [0.15, 0.2) is 0 Å². The molecule has 0 aliphatic heterocycles. The summed E-state index contributed by atoms with van der Waals surface area (Å²) >= 11 is 0. The first-order valence-electron chi connectivity index (χ1n) is 5.54. The van der Waals surface area contributed by atoms with Crippen LogP contribution in [-0.2, 0) is 0 Å². The number of nitrogens with one attached hydrogen (secondary N) is 1. The van der Waals surface area contributed by atoms with Crippen LogP contribution < -0.4 is 5.32 Å². The van der Waals surface area contributed by atoms with E-state index in [1.807, 2.05) is 0 Å². The summed E-state index contributed by atoms with van der Waals surface area (Å²) in [6.45, 7) is 6.91. The van der Waals surface area contributed by atoms with Crippen molar-refractivity contribution in [1.29, 1.82) is 0 Å². The zero-order valence-electron chi connectivity index (χ0n) is 8.66. The fraction of sp³-hybridized carbons (Fsp3) is 1.00. The molecule has 0 saturated heterocycles. The van der Waals surface area contributed by atoms with Crippen LogP contribution in [0.4, 0.5) is 0 Å². The van der Waals surface area contributed by atoms with Gasteiger partial charge in [0.1, 0.15) is 0 Å². The van der Waals surface area contributed by atoms with Gasteiger partial charge in [0.05, 0.1) is 0 Å². The van der Waals surface area contributed by atoms with E-state index in [-0.39, 0.29) is 0 Å². The second kappa shape index (κ2) is 4.86. The van der Waals surface area contributed by atoms with Gasteiger partial charge in [0.25, 0.3) is 0 Å². The molecule has 1 heteroatoms. The Kier molecular flexibility index (Phi) is 4.07. The Morgan fingerprint density at radius 2 is 1.83 bits per heavy atom. The highest BCUT2D eigenvalue weighted by Crippen LogP contribution is 2.41. The summed E-state index contributed by atoms with van der Waals surface area (Å²) in [6.07, 6.45) is 8.64. The minimum atomic E-state index is 0.685. The molecule has 1 nitrogen and oxygen atoms in total. The van der Waals surface area contributed by atoms with Crippen molar-refractivity contribution >= 4 is 0 Å². The Balaban J connectivity index is 2.35. The van der Waals surface area contributed by atoms with Gasteiger partial charge in [-0.15, -0.1) is 0 Å². The zero-order chi connectivity index (χ0) is 8.86. The van der Waals surface area contributed by atoms with Crippen molar-refractivity contribution < 1.29 is 0 Å². The molecule has 1 N–H and O–H groups in total. The molecular weight excluding hydrogens is 146 g/mol. The maximum atomic E-state index is 3.52. The molecule has 0 unspecified atom stereocenters. The van der Waals surface area contributed by atoms with E-state index in [0.717, 1.165) is 6.54 Å². The number of hydrogen-bond donors (Lipinski definition) is 1. The van der Waals surface area contributed by atoms with Crippen molar-refractivity contribution in [3.63, 3.8) is 0 Å². The van der Waals surface area contributed by atoms with Crippen molar-refractivity contribution in [2.24, 2.45) is 5.41 Å². The summed E-state index contributed by atoms with van der Waals surface area (Å²) in [4.78, 5) is 0. The summed E-state index contributed by atoms with van der Waals surface area (Å²) in [5.74, 6) is 0. The molecule has 0 bridgehead atoms. The van der Waals surface area contributed by atoms with Crippen molar-refractivity contribution in [2.45, 2.75) is 52.4 Å². The van der Waals surface area contributed by atoms with Gasteiger partial charge < -0.3 is 5.32 Å². The van der Waals surface area contributed by atoms with Crippen molar-refractivity contribution in [3.05, 3.63) is 0 Å². The highest BCUT2D eigenvalue weighted by Gasteiger charge is 2.31. The molecule has 0 spiro atoms. The fourth-order valence-corrected chi connectivity index (χ4v) is 2.56. The van der Waals surface area contributed by atoms with Crippen LogP contribution in [0.2, 0.25) is 0 Å². The Morgan fingerprint density at radius 1 is 1.17 bits per heavy atom. The lowest BCUT2D eigenvalue weighted by molar-refractivity contribution is 0.257. The third-order valence-corrected chi connectivity index (χ3v) is 3.19. The Morgan fingerprint density at radius 3 is 2.33 bits per heavy atom. The van der Waals surface area contributed by atoms with E-state index in [9.17, 15) is 0 Å². The zero-order valence-corrected chi connectivity index (χ0v) is 8.66. The molecule has 0 aromatic carbocycles. The summed E-state index contributed by atoms with van der Waals surface area (Å²) in [6, 6.07) is 0. The highest BCUT2D eigenvalue weighted by molar-refractivity contribution is 4.85. The van der Waals surface area contributed by atoms with Crippen molar-refractivity contribution in [1.82, 2.24) is 5.32 Å². The molecule has 0 aromatic rings. The first-order valence-corrected chi connectivity index (χ1v) is 5.54. The van der Waals surface area contributed by atoms with Crippen LogP contribution in [0, 0.1) is 5.41 Å². The molecule has 0 aromatic heterocycles. The maximum Gasteiger partial charge on any atom is 0.000769 e. The quantitative estimate of drug-likeness (QED) is 0.667. The van der Waals surface area contributed by atoms with Gasteiger partial charge in [0.15, 0.2) is 0 Å². The lowest BCUT2D eigenvalue weighted by atomic mass is 9.81. The van der Waals surface area contributed by atoms with E-state index >= 15 is 0 Å². The third-order valence-electron chi connectivity index (χ3n) is 3.19. The summed E-state index contributed by atoms with van der Waals surface area (Å²) < 4.78 is 0. The Labute approximate surface area is 76.9 Å². The summed E-state index contributed by atoms with van der Waals surface area (Å²) in [5.41, 5.74) is 0.685. The van der Waals surface area contributed by atoms with Gasteiger partial charge in [-0.25, -0.2) is 0 Å². The lowest BCUT2D eigenvalue weighted by Crippen LogP contribution is -2.31. The molecule has 0 radical (unpaired) electrons. The van der Waals surface area contributed by atoms with E-state index in [1.165, 1.54) is 45.1 Å². The van der Waals surface area contributed by atoms with Crippen LogP contribution >= 0.6 is 0 Å². The molecule has 0 heterocycles. The van der Waals surface area contributed by atoms with Gasteiger partial charge in [0.2, 0.25) is 0 Å². The fourth-order valence-electron chi connectivity index (χ4n) is 2.56. The van der Waals surface area contributed by atoms with Gasteiger partial charge >= 0.3 is 0 Å². The number of rotatable bonds is 5. The van der Waals surface area contributed by atoms with E-state index in [1.54, 1.807) is 0 Å². The minimum absolute atomic E-state index is 0.685. The minimum Gasteiger partial charge on any atom is -0.316 e. The molecular formula is C11H23N. The van der Waals surface area contributed by atoms with Crippen LogP contribution in [-0.4, -0.2) is 13.1 Å². The van der Waals surface area contributed by atoms with Gasteiger partial charge in [-0.3, -0.25) is 0 Å². The van der Waals surface area contributed by atoms with E-state index in [0.29, 0.717) is 5.41 Å². The van der Waals surface area contributed by atoms with Crippen LogP contribution in [0.5, 0.6) is 0 Å². The van der Waals surface area contributed by atoms with Crippen molar-refractivity contribution in [2.75, 3.05) is 13.1 Å². The molecule has 1 rings (SSSR count). The summed E-state index contributed by atoms with van der Waals surface area (Å²) in [5, 5.41) is 3.52. The number of hydrogen-bond acceptors (Lipinski definition) is 1. The molecule has 1 fully saturated rings. The predicted octanol–water partition coefficient (Wildman–Crippen LogP) is 2.96. The average Bonchev–Trinajstić information content (AvgIpc) is 2.51. The molecule has 12 heavy (non-hydrogen) atoms. The van der Waals surface area contributed by atoms with E-state index in [4.69, 9.17) is 0 Å². The first kappa shape index (κ1) is 10.0. The van der Waals surface area contributed by atoms with Crippen molar-refractivity contribution in [3.8, 4) is 0 Å². The van der Waals surface area contributed by atoms with Gasteiger partial charge in [-0.05, 0) is 31.2 Å². The molecule has 1 aliphatic rings. The standard InChI is InChI=1S/C11H23N/c1-3-7-11(10-12-4-2)8-5-6-9-11/h12H,3-10H2,1-2H3. The van der Waals surface area contributed by atoms with Crippen LogP contribution in [0.3, 0.4) is 0 Å². The monoisotopic (exact) mass is 169 g/mol. The van der Waals surface area contributed by atoms with Crippen LogP contribution in [0.25, 0.3) is 0 Å². The highest BCUT2D eigenvalue weighted by atomic mass is 14.9. The average molecular weight is 169 g/mol. The SMILES string of the molecule is CCCC1(CNCC)CCCC1. The Hall–Kier alpha value is -0.0400. The first-order chi connectivity index (χ1) is 5.83. The lowest BCUT2D eigenvalue weighted by Gasteiger charge is -2.28. The molecule has 0 amide bonds. The van der Waals surface area contributed by atoms with Gasteiger partial charge in [-0.1, -0.05) is 33.1 Å². The maximum absolute atomic E-state index is 3.52. The largest absolute Gasteiger partial charge is 0.316 e. The topological polar surface area (TPSA) is 12.0 Å². The van der Waals surface area contributed by atoms with E-state index < -0.39 is 0 Å². The molecule has 0 atom stereocenters. The summed E-state index contributed by atoms with van der Waals surface area (Å²) in [7, 11) is 0. The molecule has 1 aliphatic carbocycles. The normalized spacial score (nSPS) is 21.5. The second-order valence-electron chi connectivity index (χ2n) is 4.24. The Bertz CT molecular complexity index is 114. The van der Waals surface area contributed by atoms with Crippen LogP contribution in [0.1, 0.15) is 52.4 Å². The second-order valence-corrected chi connectivity index (χ2v) is 4.24. The predicted molar refractivity (Wildman–Crippen MR) is 54.4 cm³/mol. The van der Waals surface area contributed by atoms with E-state index in [2.05, 4.69) is 19.2 Å². The van der Waals surface area contributed by atoms with Gasteiger partial charge in [0, 0.05) is 6.54 Å². The van der Waals surface area contributed by atoms with Gasteiger partial charge in [-0.2, -0.15) is 0 Å². The molecule has 72 valence electrons.